The highest BCUT2D eigenvalue weighted by molar-refractivity contribution is 9.11. The van der Waals surface area contributed by atoms with Crippen molar-refractivity contribution in [2.45, 2.75) is 0 Å². The number of anilines is 1. The highest BCUT2D eigenvalue weighted by Crippen LogP contribution is 2.32. The number of rotatable bonds is 1. The number of halogens is 4. The summed E-state index contributed by atoms with van der Waals surface area (Å²) in [6, 6.07) is 8.10. The predicted molar refractivity (Wildman–Crippen MR) is 89.8 cm³/mol. The summed E-state index contributed by atoms with van der Waals surface area (Å²) >= 11 is 12.5. The van der Waals surface area contributed by atoms with Gasteiger partial charge in [0, 0.05) is 19.9 Å². The highest BCUT2D eigenvalue weighted by atomic mass is 79.9. The Hall–Kier alpha value is -1.24. The molecule has 1 aromatic heterocycles. The van der Waals surface area contributed by atoms with Crippen molar-refractivity contribution in [2.24, 2.45) is 0 Å². The Balaban J connectivity index is 2.27. The van der Waals surface area contributed by atoms with Gasteiger partial charge in [-0.05, 0) is 46.3 Å². The van der Waals surface area contributed by atoms with Crippen LogP contribution in [0.15, 0.2) is 39.3 Å². The number of nitrogens with zero attached hydrogens (tertiary/aromatic N) is 2. The summed E-state index contributed by atoms with van der Waals surface area (Å²) in [5.41, 5.74) is 7.16. The third-order valence-corrected chi connectivity index (χ3v) is 4.29. The van der Waals surface area contributed by atoms with Crippen molar-refractivity contribution < 1.29 is 4.39 Å². The van der Waals surface area contributed by atoms with E-state index in [1.54, 1.807) is 6.07 Å². The molecule has 0 radical (unpaired) electrons. The molecule has 106 valence electrons. The molecule has 2 N–H and O–H groups in total. The molecule has 0 aliphatic carbocycles. The zero-order chi connectivity index (χ0) is 15.1. The molecule has 2 aromatic carbocycles. The van der Waals surface area contributed by atoms with Gasteiger partial charge in [-0.3, -0.25) is 0 Å². The zero-order valence-corrected chi connectivity index (χ0v) is 14.3. The second-order valence-electron chi connectivity index (χ2n) is 4.35. The molecule has 0 saturated heterocycles. The standard InChI is InChI=1S/C14H7Br2ClFN3/c15-7-4-8-12(9(16)5-7)20-14(21-13(8)19)6-1-2-10(17)11(18)3-6/h1-5H,(H2,19,20,21). The van der Waals surface area contributed by atoms with E-state index < -0.39 is 5.82 Å². The number of hydrogen-bond donors (Lipinski definition) is 1. The van der Waals surface area contributed by atoms with Crippen LogP contribution < -0.4 is 5.73 Å². The number of fused-ring (bicyclic) bond motifs is 1. The first-order valence-electron chi connectivity index (χ1n) is 5.83. The number of nitrogen functional groups attached to an aromatic ring is 1. The molecule has 0 saturated carbocycles. The largest absolute Gasteiger partial charge is 0.383 e. The SMILES string of the molecule is Nc1nc(-c2ccc(Cl)c(F)c2)nc2c(Br)cc(Br)cc12. The Morgan fingerprint density at radius 1 is 1.10 bits per heavy atom. The average Bonchev–Trinajstić information content (AvgIpc) is 2.43. The fourth-order valence-electron chi connectivity index (χ4n) is 1.94. The van der Waals surface area contributed by atoms with E-state index in [4.69, 9.17) is 17.3 Å². The van der Waals surface area contributed by atoms with Gasteiger partial charge < -0.3 is 5.73 Å². The van der Waals surface area contributed by atoms with Gasteiger partial charge in [0.2, 0.25) is 0 Å². The number of nitrogens with two attached hydrogens (primary N) is 1. The Morgan fingerprint density at radius 2 is 1.86 bits per heavy atom. The molecule has 0 unspecified atom stereocenters. The maximum absolute atomic E-state index is 13.6. The van der Waals surface area contributed by atoms with Crippen LogP contribution in [0.3, 0.4) is 0 Å². The average molecular weight is 431 g/mol. The van der Waals surface area contributed by atoms with Crippen LogP contribution in [0.4, 0.5) is 10.2 Å². The summed E-state index contributed by atoms with van der Waals surface area (Å²) in [6.45, 7) is 0. The molecule has 0 atom stereocenters. The molecule has 0 fully saturated rings. The lowest BCUT2D eigenvalue weighted by atomic mass is 10.2. The molecule has 1 heterocycles. The number of benzene rings is 2. The lowest BCUT2D eigenvalue weighted by Crippen LogP contribution is -1.99. The molecule has 3 nitrogen and oxygen atoms in total. The molecule has 0 bridgehead atoms. The quantitative estimate of drug-likeness (QED) is 0.576. The minimum absolute atomic E-state index is 0.0534. The van der Waals surface area contributed by atoms with E-state index in [0.29, 0.717) is 22.7 Å². The first-order chi connectivity index (χ1) is 9.95. The van der Waals surface area contributed by atoms with Crippen molar-refractivity contribution in [3.05, 3.63) is 50.1 Å². The maximum atomic E-state index is 13.6. The fourth-order valence-corrected chi connectivity index (χ4v) is 3.38. The van der Waals surface area contributed by atoms with Gasteiger partial charge >= 0.3 is 0 Å². The summed E-state index contributed by atoms with van der Waals surface area (Å²) in [5, 5.41) is 0.770. The minimum Gasteiger partial charge on any atom is -0.383 e. The van der Waals surface area contributed by atoms with Gasteiger partial charge in [0.25, 0.3) is 0 Å². The number of hydrogen-bond acceptors (Lipinski definition) is 3. The third kappa shape index (κ3) is 2.75. The third-order valence-electron chi connectivity index (χ3n) is 2.93. The molecule has 0 aliphatic rings. The molecule has 0 spiro atoms. The van der Waals surface area contributed by atoms with Gasteiger partial charge in [-0.1, -0.05) is 27.5 Å². The van der Waals surface area contributed by atoms with Gasteiger partial charge in [-0.2, -0.15) is 0 Å². The van der Waals surface area contributed by atoms with Crippen LogP contribution in [0.5, 0.6) is 0 Å². The van der Waals surface area contributed by atoms with Crippen LogP contribution in [0.2, 0.25) is 5.02 Å². The van der Waals surface area contributed by atoms with Gasteiger partial charge in [0.05, 0.1) is 10.5 Å². The van der Waals surface area contributed by atoms with Gasteiger partial charge in [-0.15, -0.1) is 0 Å². The molecule has 0 aliphatic heterocycles. The van der Waals surface area contributed by atoms with Crippen molar-refractivity contribution in [2.75, 3.05) is 5.73 Å². The van der Waals surface area contributed by atoms with Gasteiger partial charge in [0.15, 0.2) is 5.82 Å². The highest BCUT2D eigenvalue weighted by Gasteiger charge is 2.12. The van der Waals surface area contributed by atoms with Gasteiger partial charge in [-0.25, -0.2) is 14.4 Å². The van der Waals surface area contributed by atoms with Gasteiger partial charge in [0.1, 0.15) is 11.6 Å². The predicted octanol–water partition coefficient (Wildman–Crippen LogP) is 5.20. The second-order valence-corrected chi connectivity index (χ2v) is 6.52. The van der Waals surface area contributed by atoms with Crippen molar-refractivity contribution in [3.63, 3.8) is 0 Å². The molecule has 7 heteroatoms. The van der Waals surface area contributed by atoms with Crippen LogP contribution in [-0.4, -0.2) is 9.97 Å². The van der Waals surface area contributed by atoms with E-state index in [1.165, 1.54) is 12.1 Å². The molecule has 3 rings (SSSR count). The Kier molecular flexibility index (Phi) is 3.86. The Morgan fingerprint density at radius 3 is 2.57 bits per heavy atom. The van der Waals surface area contributed by atoms with Crippen molar-refractivity contribution >= 4 is 60.2 Å². The van der Waals surface area contributed by atoms with Crippen molar-refractivity contribution in [3.8, 4) is 11.4 Å². The van der Waals surface area contributed by atoms with Crippen LogP contribution >= 0.6 is 43.5 Å². The van der Waals surface area contributed by atoms with E-state index in [9.17, 15) is 4.39 Å². The lowest BCUT2D eigenvalue weighted by molar-refractivity contribution is 0.628. The molecule has 21 heavy (non-hydrogen) atoms. The Labute approximate surface area is 141 Å². The monoisotopic (exact) mass is 429 g/mol. The molecule has 3 aromatic rings. The molecular weight excluding hydrogens is 424 g/mol. The topological polar surface area (TPSA) is 51.8 Å². The van der Waals surface area contributed by atoms with Crippen molar-refractivity contribution in [1.82, 2.24) is 9.97 Å². The summed E-state index contributed by atoms with van der Waals surface area (Å²) < 4.78 is 15.2. The van der Waals surface area contributed by atoms with Crippen LogP contribution in [-0.2, 0) is 0 Å². The first kappa shape index (κ1) is 14.7. The Bertz CT molecular complexity index is 870. The molecular formula is C14H7Br2ClFN3. The lowest BCUT2D eigenvalue weighted by Gasteiger charge is -2.08. The zero-order valence-electron chi connectivity index (χ0n) is 10.4. The van der Waals surface area contributed by atoms with E-state index in [2.05, 4.69) is 41.8 Å². The van der Waals surface area contributed by atoms with E-state index >= 15 is 0 Å². The minimum atomic E-state index is -0.522. The first-order valence-corrected chi connectivity index (χ1v) is 7.80. The van der Waals surface area contributed by atoms with E-state index in [1.807, 2.05) is 12.1 Å². The summed E-state index contributed by atoms with van der Waals surface area (Å²) in [6.07, 6.45) is 0. The second kappa shape index (κ2) is 5.51. The summed E-state index contributed by atoms with van der Waals surface area (Å²) in [7, 11) is 0. The molecule has 0 amide bonds. The number of aromatic nitrogens is 2. The van der Waals surface area contributed by atoms with Crippen LogP contribution in [0.25, 0.3) is 22.3 Å². The van der Waals surface area contributed by atoms with E-state index in [0.717, 1.165) is 14.3 Å². The summed E-state index contributed by atoms with van der Waals surface area (Å²) in [4.78, 5) is 8.69. The van der Waals surface area contributed by atoms with Crippen LogP contribution in [0, 0.1) is 5.82 Å². The van der Waals surface area contributed by atoms with Crippen molar-refractivity contribution in [1.29, 1.82) is 0 Å². The maximum Gasteiger partial charge on any atom is 0.162 e. The smallest absolute Gasteiger partial charge is 0.162 e. The van der Waals surface area contributed by atoms with E-state index in [-0.39, 0.29) is 5.02 Å². The normalized spacial score (nSPS) is 11.0. The summed E-state index contributed by atoms with van der Waals surface area (Å²) in [5.74, 6) is 0.150. The fraction of sp³-hybridized carbons (Fsp3) is 0. The van der Waals surface area contributed by atoms with Crippen LogP contribution in [0.1, 0.15) is 0 Å².